The van der Waals surface area contributed by atoms with Crippen molar-refractivity contribution in [1.29, 1.82) is 5.26 Å². The number of hydrogen-bond donors (Lipinski definition) is 1. The summed E-state index contributed by atoms with van der Waals surface area (Å²) in [6.45, 7) is -0.156. The van der Waals surface area contributed by atoms with Gasteiger partial charge in [0.05, 0.1) is 6.21 Å². The smallest absolute Gasteiger partial charge is 0.277 e. The highest BCUT2D eigenvalue weighted by molar-refractivity contribution is 6.30. The molecule has 7 heteroatoms. The zero-order valence-corrected chi connectivity index (χ0v) is 13.4. The third kappa shape index (κ3) is 5.99. The lowest BCUT2D eigenvalue weighted by atomic mass is 10.2. The molecule has 0 aliphatic carbocycles. The Kier molecular flexibility index (Phi) is 6.62. The van der Waals surface area contributed by atoms with Gasteiger partial charge in [0.25, 0.3) is 5.91 Å². The summed E-state index contributed by atoms with van der Waals surface area (Å²) in [5.41, 5.74) is 3.14. The summed E-state index contributed by atoms with van der Waals surface area (Å²) in [4.78, 5) is 11.6. The predicted molar refractivity (Wildman–Crippen MR) is 90.2 cm³/mol. The van der Waals surface area contributed by atoms with Gasteiger partial charge in [-0.05, 0) is 54.1 Å². The number of nitrogens with zero attached hydrogens (tertiary/aromatic N) is 2. The first-order valence-electron chi connectivity index (χ1n) is 6.97. The van der Waals surface area contributed by atoms with Crippen LogP contribution >= 0.6 is 11.6 Å². The molecule has 0 aromatic heterocycles. The van der Waals surface area contributed by atoms with Gasteiger partial charge in [-0.1, -0.05) is 11.6 Å². The van der Waals surface area contributed by atoms with Crippen LogP contribution in [0.3, 0.4) is 0 Å². The molecule has 0 spiro atoms. The number of nitrogens with one attached hydrogen (secondary N) is 1. The summed E-state index contributed by atoms with van der Waals surface area (Å²) in [5, 5.41) is 12.9. The summed E-state index contributed by atoms with van der Waals surface area (Å²) in [6.07, 6.45) is 1.49. The van der Waals surface area contributed by atoms with Crippen LogP contribution in [0.5, 0.6) is 11.5 Å². The Labute approximate surface area is 144 Å². The molecule has 122 valence electrons. The number of amides is 1. The third-order valence-corrected chi connectivity index (χ3v) is 3.02. The molecule has 0 aliphatic heterocycles. The lowest BCUT2D eigenvalue weighted by Crippen LogP contribution is -2.24. The first-order chi connectivity index (χ1) is 11.7. The Morgan fingerprint density at radius 2 is 1.75 bits per heavy atom. The van der Waals surface area contributed by atoms with Crippen molar-refractivity contribution >= 4 is 23.7 Å². The van der Waals surface area contributed by atoms with Crippen molar-refractivity contribution in [2.45, 2.75) is 0 Å². The van der Waals surface area contributed by atoms with Crippen LogP contribution in [0.15, 0.2) is 53.6 Å². The van der Waals surface area contributed by atoms with Gasteiger partial charge in [0.1, 0.15) is 17.6 Å². The molecule has 0 fully saturated rings. The average Bonchev–Trinajstić information content (AvgIpc) is 2.60. The van der Waals surface area contributed by atoms with Crippen LogP contribution in [0.2, 0.25) is 5.02 Å². The van der Waals surface area contributed by atoms with Gasteiger partial charge in [-0.2, -0.15) is 10.4 Å². The van der Waals surface area contributed by atoms with Gasteiger partial charge < -0.3 is 9.47 Å². The van der Waals surface area contributed by atoms with Gasteiger partial charge in [0.15, 0.2) is 13.2 Å². The number of benzene rings is 2. The van der Waals surface area contributed by atoms with Crippen LogP contribution in [-0.2, 0) is 4.79 Å². The van der Waals surface area contributed by atoms with Crippen molar-refractivity contribution < 1.29 is 14.3 Å². The number of carbonyl (C=O) groups is 1. The number of hydrogen-bond acceptors (Lipinski definition) is 5. The molecule has 1 N–H and O–H groups in total. The second kappa shape index (κ2) is 9.18. The van der Waals surface area contributed by atoms with Gasteiger partial charge in [0, 0.05) is 5.02 Å². The van der Waals surface area contributed by atoms with E-state index in [1.54, 1.807) is 48.5 Å². The minimum atomic E-state index is -0.379. The maximum Gasteiger partial charge on any atom is 0.277 e. The maximum atomic E-state index is 11.6. The molecule has 0 radical (unpaired) electrons. The summed E-state index contributed by atoms with van der Waals surface area (Å²) in [7, 11) is 0. The molecule has 2 aromatic carbocycles. The van der Waals surface area contributed by atoms with E-state index in [1.807, 2.05) is 6.07 Å². The van der Waals surface area contributed by atoms with E-state index >= 15 is 0 Å². The van der Waals surface area contributed by atoms with E-state index in [9.17, 15) is 4.79 Å². The Bertz CT molecular complexity index is 737. The number of ether oxygens (including phenoxy) is 2. The van der Waals surface area contributed by atoms with Crippen LogP contribution in [0.1, 0.15) is 5.56 Å². The molecule has 2 aromatic rings. The fourth-order valence-corrected chi connectivity index (χ4v) is 1.78. The molecule has 0 saturated heterocycles. The van der Waals surface area contributed by atoms with Crippen molar-refractivity contribution in [3.8, 4) is 17.6 Å². The second-order valence-corrected chi connectivity index (χ2v) is 4.99. The van der Waals surface area contributed by atoms with Gasteiger partial charge in [0.2, 0.25) is 0 Å². The molecule has 0 bridgehead atoms. The van der Waals surface area contributed by atoms with Crippen LogP contribution in [-0.4, -0.2) is 25.3 Å². The first kappa shape index (κ1) is 17.3. The van der Waals surface area contributed by atoms with Crippen LogP contribution in [0, 0.1) is 11.3 Å². The quantitative estimate of drug-likeness (QED) is 0.619. The van der Waals surface area contributed by atoms with E-state index in [0.29, 0.717) is 16.5 Å². The largest absolute Gasteiger partial charge is 0.484 e. The van der Waals surface area contributed by atoms with E-state index in [1.165, 1.54) is 6.21 Å². The standard InChI is InChI=1S/C17H14ClN3O3/c18-14-3-7-16(8-4-14)24-12-17(22)21-20-11-13-1-5-15(6-2-13)23-10-9-19/h1-8,11H,10,12H2,(H,21,22)/b20-11-. The number of nitriles is 1. The van der Waals surface area contributed by atoms with E-state index < -0.39 is 0 Å². The molecule has 24 heavy (non-hydrogen) atoms. The first-order valence-corrected chi connectivity index (χ1v) is 7.35. The molecule has 0 aliphatic rings. The average molecular weight is 344 g/mol. The Hall–Kier alpha value is -3.04. The molecule has 0 saturated carbocycles. The zero-order chi connectivity index (χ0) is 17.2. The summed E-state index contributed by atoms with van der Waals surface area (Å²) >= 11 is 5.76. The summed E-state index contributed by atoms with van der Waals surface area (Å²) in [6, 6.07) is 15.5. The van der Waals surface area contributed by atoms with Crippen molar-refractivity contribution in [3.05, 3.63) is 59.1 Å². The maximum absolute atomic E-state index is 11.6. The number of rotatable bonds is 7. The minimum absolute atomic E-state index is 0.00286. The van der Waals surface area contributed by atoms with Crippen molar-refractivity contribution in [2.75, 3.05) is 13.2 Å². The van der Waals surface area contributed by atoms with Crippen molar-refractivity contribution in [1.82, 2.24) is 5.43 Å². The number of hydrazone groups is 1. The van der Waals surface area contributed by atoms with E-state index in [2.05, 4.69) is 10.5 Å². The molecule has 0 atom stereocenters. The van der Waals surface area contributed by atoms with Crippen LogP contribution in [0.4, 0.5) is 0 Å². The Morgan fingerprint density at radius 3 is 2.42 bits per heavy atom. The SMILES string of the molecule is N#CCOc1ccc(/C=N\NC(=O)COc2ccc(Cl)cc2)cc1. The summed E-state index contributed by atoms with van der Waals surface area (Å²) in [5.74, 6) is 0.760. The van der Waals surface area contributed by atoms with Gasteiger partial charge in [-0.3, -0.25) is 4.79 Å². The van der Waals surface area contributed by atoms with Crippen LogP contribution in [0.25, 0.3) is 0 Å². The topological polar surface area (TPSA) is 83.7 Å². The number of halogens is 1. The minimum Gasteiger partial charge on any atom is -0.484 e. The molecule has 0 unspecified atom stereocenters. The highest BCUT2D eigenvalue weighted by Crippen LogP contribution is 2.15. The summed E-state index contributed by atoms with van der Waals surface area (Å²) < 4.78 is 10.4. The third-order valence-electron chi connectivity index (χ3n) is 2.77. The van der Waals surface area contributed by atoms with Gasteiger partial charge >= 0.3 is 0 Å². The van der Waals surface area contributed by atoms with E-state index in [0.717, 1.165) is 5.56 Å². The molecular weight excluding hydrogens is 330 g/mol. The molecule has 6 nitrogen and oxygen atoms in total. The lowest BCUT2D eigenvalue weighted by Gasteiger charge is -2.04. The highest BCUT2D eigenvalue weighted by Gasteiger charge is 2.01. The normalized spacial score (nSPS) is 10.2. The van der Waals surface area contributed by atoms with Crippen LogP contribution < -0.4 is 14.9 Å². The van der Waals surface area contributed by atoms with Crippen molar-refractivity contribution in [2.24, 2.45) is 5.10 Å². The lowest BCUT2D eigenvalue weighted by molar-refractivity contribution is -0.123. The second-order valence-electron chi connectivity index (χ2n) is 4.55. The van der Waals surface area contributed by atoms with Crippen molar-refractivity contribution in [3.63, 3.8) is 0 Å². The highest BCUT2D eigenvalue weighted by atomic mass is 35.5. The van der Waals surface area contributed by atoms with Gasteiger partial charge in [-0.15, -0.1) is 0 Å². The fourth-order valence-electron chi connectivity index (χ4n) is 1.66. The Balaban J connectivity index is 1.75. The molecule has 2 rings (SSSR count). The molecule has 0 heterocycles. The number of carbonyl (C=O) groups excluding carboxylic acids is 1. The molecular formula is C17H14ClN3O3. The zero-order valence-electron chi connectivity index (χ0n) is 12.6. The fraction of sp³-hybridized carbons (Fsp3) is 0.118. The molecule has 1 amide bonds. The van der Waals surface area contributed by atoms with E-state index in [-0.39, 0.29) is 19.1 Å². The predicted octanol–water partition coefficient (Wildman–Crippen LogP) is 2.77. The Morgan fingerprint density at radius 1 is 1.12 bits per heavy atom. The van der Waals surface area contributed by atoms with Gasteiger partial charge in [-0.25, -0.2) is 5.43 Å². The van der Waals surface area contributed by atoms with E-state index in [4.69, 9.17) is 26.3 Å². The monoisotopic (exact) mass is 343 g/mol.